The molecule has 0 aliphatic heterocycles. The van der Waals surface area contributed by atoms with Gasteiger partial charge in [0.2, 0.25) is 0 Å². The van der Waals surface area contributed by atoms with Crippen molar-refractivity contribution in [3.63, 3.8) is 0 Å². The predicted molar refractivity (Wildman–Crippen MR) is 82.8 cm³/mol. The third-order valence-electron chi connectivity index (χ3n) is 2.74. The molecule has 1 N–H and O–H groups in total. The second kappa shape index (κ2) is 7.09. The molecule has 1 atom stereocenters. The third kappa shape index (κ3) is 5.93. The van der Waals surface area contributed by atoms with Crippen LogP contribution in [0.5, 0.6) is 0 Å². The van der Waals surface area contributed by atoms with E-state index in [2.05, 4.69) is 5.32 Å². The first-order chi connectivity index (χ1) is 9.19. The number of nitrogens with one attached hydrogen (secondary N) is 1. The molecule has 3 nitrogen and oxygen atoms in total. The molecule has 1 aromatic carbocycles. The van der Waals surface area contributed by atoms with Crippen LogP contribution in [0.4, 0.5) is 0 Å². The summed E-state index contributed by atoms with van der Waals surface area (Å²) in [7, 11) is 0. The Hall–Kier alpha value is -1.06. The second-order valence-corrected chi connectivity index (χ2v) is 6.70. The van der Waals surface area contributed by atoms with Crippen LogP contribution in [0.25, 0.3) is 0 Å². The van der Waals surface area contributed by atoms with Crippen molar-refractivity contribution in [2.24, 2.45) is 5.92 Å². The summed E-state index contributed by atoms with van der Waals surface area (Å²) in [4.78, 5) is 12.2. The van der Waals surface area contributed by atoms with E-state index in [4.69, 9.17) is 16.3 Å². The van der Waals surface area contributed by atoms with Crippen LogP contribution in [-0.4, -0.2) is 17.6 Å². The lowest BCUT2D eigenvalue weighted by Gasteiger charge is -2.26. The van der Waals surface area contributed by atoms with E-state index < -0.39 is 5.60 Å². The summed E-state index contributed by atoms with van der Waals surface area (Å²) >= 11 is 5.95. The molecule has 4 heteroatoms. The second-order valence-electron chi connectivity index (χ2n) is 6.27. The molecule has 0 saturated heterocycles. The van der Waals surface area contributed by atoms with Crippen LogP contribution in [0.3, 0.4) is 0 Å². The maximum absolute atomic E-state index is 12.2. The van der Waals surface area contributed by atoms with Crippen LogP contribution in [-0.2, 0) is 16.1 Å². The van der Waals surface area contributed by atoms with Gasteiger partial charge in [-0.15, -0.1) is 0 Å². The molecule has 0 aliphatic rings. The number of carbonyl (C=O) groups is 1. The molecule has 0 aromatic heterocycles. The molecule has 0 radical (unpaired) electrons. The molecule has 1 aromatic rings. The molecule has 0 heterocycles. The highest BCUT2D eigenvalue weighted by Crippen LogP contribution is 2.14. The highest BCUT2D eigenvalue weighted by Gasteiger charge is 2.27. The van der Waals surface area contributed by atoms with Crippen molar-refractivity contribution in [3.8, 4) is 0 Å². The smallest absolute Gasteiger partial charge is 0.323 e. The van der Waals surface area contributed by atoms with Crippen molar-refractivity contribution in [2.45, 2.75) is 52.8 Å². The van der Waals surface area contributed by atoms with Crippen LogP contribution in [0, 0.1) is 5.92 Å². The van der Waals surface area contributed by atoms with E-state index in [0.717, 1.165) is 5.56 Å². The zero-order valence-corrected chi connectivity index (χ0v) is 13.6. The maximum Gasteiger partial charge on any atom is 0.323 e. The molecule has 0 amide bonds. The van der Waals surface area contributed by atoms with Gasteiger partial charge in [-0.2, -0.15) is 0 Å². The van der Waals surface area contributed by atoms with Crippen molar-refractivity contribution >= 4 is 17.6 Å². The Balaban J connectivity index is 2.66. The number of hydrogen-bond acceptors (Lipinski definition) is 3. The van der Waals surface area contributed by atoms with Gasteiger partial charge in [0.1, 0.15) is 11.6 Å². The Bertz CT molecular complexity index is 452. The fraction of sp³-hybridized carbons (Fsp3) is 0.562. The molecule has 1 unspecified atom stereocenters. The summed E-state index contributed by atoms with van der Waals surface area (Å²) in [6.45, 7) is 10.2. The van der Waals surface area contributed by atoms with Crippen molar-refractivity contribution in [1.29, 1.82) is 0 Å². The summed E-state index contributed by atoms with van der Waals surface area (Å²) in [5, 5.41) is 3.95. The van der Waals surface area contributed by atoms with E-state index in [9.17, 15) is 4.79 Å². The SMILES string of the molecule is CC(C)C(NCc1cccc(Cl)c1)C(=O)OC(C)(C)C. The summed E-state index contributed by atoms with van der Waals surface area (Å²) < 4.78 is 5.45. The number of ether oxygens (including phenoxy) is 1. The minimum absolute atomic E-state index is 0.157. The number of rotatable bonds is 5. The fourth-order valence-electron chi connectivity index (χ4n) is 1.83. The first-order valence-electron chi connectivity index (χ1n) is 6.90. The first kappa shape index (κ1) is 17.0. The monoisotopic (exact) mass is 297 g/mol. The van der Waals surface area contributed by atoms with Crippen molar-refractivity contribution in [2.75, 3.05) is 0 Å². The maximum atomic E-state index is 12.2. The quantitative estimate of drug-likeness (QED) is 0.840. The van der Waals surface area contributed by atoms with Crippen molar-refractivity contribution in [3.05, 3.63) is 34.9 Å². The molecule has 0 fully saturated rings. The lowest BCUT2D eigenvalue weighted by atomic mass is 10.0. The molecule has 1 rings (SSSR count). The minimum Gasteiger partial charge on any atom is -0.459 e. The van der Waals surface area contributed by atoms with Crippen LogP contribution in [0.2, 0.25) is 5.02 Å². The van der Waals surface area contributed by atoms with Gasteiger partial charge >= 0.3 is 5.97 Å². The van der Waals surface area contributed by atoms with Gasteiger partial charge < -0.3 is 10.1 Å². The van der Waals surface area contributed by atoms with Gasteiger partial charge in [0.05, 0.1) is 0 Å². The van der Waals surface area contributed by atoms with E-state index >= 15 is 0 Å². The van der Waals surface area contributed by atoms with Gasteiger partial charge in [0, 0.05) is 11.6 Å². The predicted octanol–water partition coefficient (Wildman–Crippen LogP) is 3.80. The van der Waals surface area contributed by atoms with E-state index in [1.165, 1.54) is 0 Å². The Kier molecular flexibility index (Phi) is 6.03. The average molecular weight is 298 g/mol. The Morgan fingerprint density at radius 2 is 2.00 bits per heavy atom. The third-order valence-corrected chi connectivity index (χ3v) is 2.98. The van der Waals surface area contributed by atoms with Gasteiger partial charge in [0.15, 0.2) is 0 Å². The number of hydrogen-bond donors (Lipinski definition) is 1. The Morgan fingerprint density at radius 1 is 1.35 bits per heavy atom. The van der Waals surface area contributed by atoms with E-state index in [1.54, 1.807) is 0 Å². The zero-order chi connectivity index (χ0) is 15.3. The number of benzene rings is 1. The van der Waals surface area contributed by atoms with E-state index in [1.807, 2.05) is 58.9 Å². The van der Waals surface area contributed by atoms with E-state index in [0.29, 0.717) is 11.6 Å². The topological polar surface area (TPSA) is 38.3 Å². The Labute approximate surface area is 126 Å². The standard InChI is InChI=1S/C16H24ClNO2/c1-11(2)14(15(19)20-16(3,4)5)18-10-12-7-6-8-13(17)9-12/h6-9,11,14,18H,10H2,1-5H3. The summed E-state index contributed by atoms with van der Waals surface area (Å²) in [6.07, 6.45) is 0. The normalized spacial score (nSPS) is 13.3. The molecule has 0 spiro atoms. The van der Waals surface area contributed by atoms with Crippen molar-refractivity contribution in [1.82, 2.24) is 5.32 Å². The largest absolute Gasteiger partial charge is 0.459 e. The highest BCUT2D eigenvalue weighted by atomic mass is 35.5. The lowest BCUT2D eigenvalue weighted by molar-refractivity contribution is -0.158. The number of carbonyl (C=O) groups excluding carboxylic acids is 1. The summed E-state index contributed by atoms with van der Waals surface area (Å²) in [6, 6.07) is 7.27. The Morgan fingerprint density at radius 3 is 2.50 bits per heavy atom. The highest BCUT2D eigenvalue weighted by molar-refractivity contribution is 6.30. The minimum atomic E-state index is -0.470. The van der Waals surface area contributed by atoms with Crippen molar-refractivity contribution < 1.29 is 9.53 Å². The molecule has 0 aliphatic carbocycles. The molecule has 0 bridgehead atoms. The van der Waals surface area contributed by atoms with Gasteiger partial charge in [-0.25, -0.2) is 0 Å². The fourth-order valence-corrected chi connectivity index (χ4v) is 2.04. The molecule has 112 valence electrons. The van der Waals surface area contributed by atoms with Crippen LogP contribution >= 0.6 is 11.6 Å². The lowest BCUT2D eigenvalue weighted by Crippen LogP contribution is -2.44. The van der Waals surface area contributed by atoms with Gasteiger partial charge in [-0.1, -0.05) is 37.6 Å². The van der Waals surface area contributed by atoms with Crippen LogP contribution < -0.4 is 5.32 Å². The summed E-state index contributed by atoms with van der Waals surface area (Å²) in [5.74, 6) is -0.0569. The average Bonchev–Trinajstić information content (AvgIpc) is 2.26. The van der Waals surface area contributed by atoms with Gasteiger partial charge in [0.25, 0.3) is 0 Å². The van der Waals surface area contributed by atoms with E-state index in [-0.39, 0.29) is 17.9 Å². The molecular formula is C16H24ClNO2. The van der Waals surface area contributed by atoms with Gasteiger partial charge in [-0.3, -0.25) is 4.79 Å². The number of halogens is 1. The number of esters is 1. The molecular weight excluding hydrogens is 274 g/mol. The van der Waals surface area contributed by atoms with Crippen LogP contribution in [0.15, 0.2) is 24.3 Å². The first-order valence-corrected chi connectivity index (χ1v) is 7.27. The van der Waals surface area contributed by atoms with Crippen LogP contribution in [0.1, 0.15) is 40.2 Å². The summed E-state index contributed by atoms with van der Waals surface area (Å²) in [5.41, 5.74) is 0.578. The molecule has 20 heavy (non-hydrogen) atoms. The van der Waals surface area contributed by atoms with Gasteiger partial charge in [-0.05, 0) is 44.4 Å². The zero-order valence-electron chi connectivity index (χ0n) is 12.9. The molecule has 0 saturated carbocycles.